The van der Waals surface area contributed by atoms with Crippen molar-refractivity contribution in [2.45, 2.75) is 41.5 Å². The van der Waals surface area contributed by atoms with Gasteiger partial charge in [-0.2, -0.15) is 10.2 Å². The smallest absolute Gasteiger partial charge is 0.0746 e. The van der Waals surface area contributed by atoms with E-state index in [9.17, 15) is 0 Å². The Morgan fingerprint density at radius 2 is 0.760 bits per heavy atom. The van der Waals surface area contributed by atoms with Crippen LogP contribution in [0.5, 0.6) is 0 Å². The highest BCUT2D eigenvalue weighted by atomic mass is 15.3. The predicted octanol–water partition coefficient (Wildman–Crippen LogP) is 10.0. The van der Waals surface area contributed by atoms with Crippen LogP contribution in [-0.4, -0.2) is 19.6 Å². The molecule has 0 unspecified atom stereocenters. The van der Waals surface area contributed by atoms with Crippen molar-refractivity contribution in [2.24, 2.45) is 0 Å². The normalized spacial score (nSPS) is 10.7. The molecule has 0 amide bonds. The second kappa shape index (κ2) is 13.6. The molecule has 0 atom stereocenters. The quantitative estimate of drug-likeness (QED) is 0.179. The van der Waals surface area contributed by atoms with Crippen LogP contribution in [0.3, 0.4) is 0 Å². The SMILES string of the molecule is Cc1cc(C)c(-c2ccnn2-c2ccc(C#Cc3cccc(C#Cc4ccc(-n5nccc5-c5c(C)cc(C)cc5C)cc4)c3)cc2)c(C)c1. The number of rotatable bonds is 4. The molecule has 0 aliphatic carbocycles. The van der Waals surface area contributed by atoms with Crippen LogP contribution in [0.4, 0.5) is 0 Å². The molecule has 5 aromatic carbocycles. The first-order valence-electron chi connectivity index (χ1n) is 16.8. The lowest BCUT2D eigenvalue weighted by molar-refractivity contribution is 0.886. The number of aryl methyl sites for hydroxylation is 6. The Balaban J connectivity index is 1.06. The van der Waals surface area contributed by atoms with Crippen LogP contribution in [0.25, 0.3) is 33.9 Å². The maximum atomic E-state index is 4.64. The summed E-state index contributed by atoms with van der Waals surface area (Å²) in [6, 6.07) is 37.6. The number of benzene rings is 5. The molecule has 4 heteroatoms. The van der Waals surface area contributed by atoms with Crippen LogP contribution in [0.15, 0.2) is 122 Å². The average molecular weight is 647 g/mol. The highest BCUT2D eigenvalue weighted by Gasteiger charge is 2.14. The lowest BCUT2D eigenvalue weighted by Gasteiger charge is -2.14. The first-order valence-corrected chi connectivity index (χ1v) is 16.8. The largest absolute Gasteiger partial charge is 0.233 e. The fourth-order valence-corrected chi connectivity index (χ4v) is 6.90. The minimum Gasteiger partial charge on any atom is -0.233 e. The molecule has 7 rings (SSSR count). The lowest BCUT2D eigenvalue weighted by atomic mass is 9.97. The van der Waals surface area contributed by atoms with Gasteiger partial charge in [0, 0.05) is 33.4 Å². The van der Waals surface area contributed by atoms with E-state index in [-0.39, 0.29) is 0 Å². The van der Waals surface area contributed by atoms with E-state index in [1.54, 1.807) is 0 Å². The van der Waals surface area contributed by atoms with Gasteiger partial charge in [0.05, 0.1) is 35.2 Å². The molecule has 0 bridgehead atoms. The van der Waals surface area contributed by atoms with Gasteiger partial charge in [-0.15, -0.1) is 0 Å². The highest BCUT2D eigenvalue weighted by Crippen LogP contribution is 2.31. The van der Waals surface area contributed by atoms with Crippen molar-refractivity contribution in [3.63, 3.8) is 0 Å². The third-order valence-electron chi connectivity index (χ3n) is 8.94. The third-order valence-corrected chi connectivity index (χ3v) is 8.94. The maximum absolute atomic E-state index is 4.64. The molecule has 0 aliphatic rings. The second-order valence-corrected chi connectivity index (χ2v) is 13.0. The number of hydrogen-bond acceptors (Lipinski definition) is 2. The summed E-state index contributed by atoms with van der Waals surface area (Å²) in [5, 5.41) is 9.28. The van der Waals surface area contributed by atoms with Crippen molar-refractivity contribution in [3.05, 3.63) is 177 Å². The van der Waals surface area contributed by atoms with Gasteiger partial charge in [0.1, 0.15) is 0 Å². The first kappa shape index (κ1) is 32.2. The Labute approximate surface area is 295 Å². The fraction of sp³-hybridized carbons (Fsp3) is 0.130. The zero-order valence-electron chi connectivity index (χ0n) is 29.3. The van der Waals surface area contributed by atoms with Crippen LogP contribution in [0, 0.1) is 65.2 Å². The van der Waals surface area contributed by atoms with Gasteiger partial charge in [-0.05, 0) is 143 Å². The minimum atomic E-state index is 0.920. The van der Waals surface area contributed by atoms with Gasteiger partial charge in [-0.1, -0.05) is 65.1 Å². The molecule has 0 saturated heterocycles. The highest BCUT2D eigenvalue weighted by molar-refractivity contribution is 5.71. The van der Waals surface area contributed by atoms with Crippen molar-refractivity contribution in [2.75, 3.05) is 0 Å². The molecule has 0 spiro atoms. The van der Waals surface area contributed by atoms with Gasteiger partial charge in [-0.25, -0.2) is 9.36 Å². The van der Waals surface area contributed by atoms with Crippen LogP contribution >= 0.6 is 0 Å². The van der Waals surface area contributed by atoms with Crippen LogP contribution in [-0.2, 0) is 0 Å². The molecular formula is C46H38N4. The van der Waals surface area contributed by atoms with E-state index < -0.39 is 0 Å². The topological polar surface area (TPSA) is 35.6 Å². The molecular weight excluding hydrogens is 609 g/mol. The summed E-state index contributed by atoms with van der Waals surface area (Å²) in [4.78, 5) is 0. The van der Waals surface area contributed by atoms with E-state index in [4.69, 9.17) is 0 Å². The number of hydrogen-bond donors (Lipinski definition) is 0. The van der Waals surface area contributed by atoms with Gasteiger partial charge in [0.15, 0.2) is 0 Å². The zero-order valence-corrected chi connectivity index (χ0v) is 29.3. The molecule has 242 valence electrons. The van der Waals surface area contributed by atoms with E-state index in [0.29, 0.717) is 0 Å². The molecule has 0 fully saturated rings. The predicted molar refractivity (Wildman–Crippen MR) is 205 cm³/mol. The Morgan fingerprint density at radius 1 is 0.400 bits per heavy atom. The average Bonchev–Trinajstić information content (AvgIpc) is 3.77. The summed E-state index contributed by atoms with van der Waals surface area (Å²) in [5.74, 6) is 13.3. The molecule has 0 saturated carbocycles. The fourth-order valence-electron chi connectivity index (χ4n) is 6.90. The Hall–Kier alpha value is -6.36. The van der Waals surface area contributed by atoms with E-state index in [1.165, 1.54) is 44.5 Å². The molecule has 50 heavy (non-hydrogen) atoms. The molecule has 2 aromatic heterocycles. The standard InChI is InChI=1S/C46H38N4/c1-31-26-33(3)45(34(4)27-31)43-22-24-47-49(43)41-18-14-37(15-19-41)10-12-39-8-7-9-40(30-39)13-11-38-16-20-42(21-17-38)50-44(23-25-48-50)46-35(5)28-32(2)29-36(46)6/h7-9,14-30H,1-6H3. The van der Waals surface area contributed by atoms with Crippen molar-refractivity contribution in [3.8, 4) is 57.6 Å². The van der Waals surface area contributed by atoms with Gasteiger partial charge < -0.3 is 0 Å². The van der Waals surface area contributed by atoms with Crippen LogP contribution in [0.2, 0.25) is 0 Å². The van der Waals surface area contributed by atoms with Crippen molar-refractivity contribution < 1.29 is 0 Å². The van der Waals surface area contributed by atoms with Crippen molar-refractivity contribution in [1.82, 2.24) is 19.6 Å². The molecule has 7 aromatic rings. The molecule has 2 heterocycles. The zero-order chi connectivity index (χ0) is 34.8. The van der Waals surface area contributed by atoms with Crippen molar-refractivity contribution >= 4 is 0 Å². The summed E-state index contributed by atoms with van der Waals surface area (Å²) >= 11 is 0. The second-order valence-electron chi connectivity index (χ2n) is 13.0. The first-order chi connectivity index (χ1) is 24.2. The van der Waals surface area contributed by atoms with Crippen molar-refractivity contribution in [1.29, 1.82) is 0 Å². The molecule has 0 radical (unpaired) electrons. The number of aromatic nitrogens is 4. The summed E-state index contributed by atoms with van der Waals surface area (Å²) in [5.41, 5.74) is 17.9. The van der Waals surface area contributed by atoms with Gasteiger partial charge in [0.25, 0.3) is 0 Å². The summed E-state index contributed by atoms with van der Waals surface area (Å²) in [7, 11) is 0. The lowest BCUT2D eigenvalue weighted by Crippen LogP contribution is -2.01. The summed E-state index contributed by atoms with van der Waals surface area (Å²) in [6.07, 6.45) is 3.72. The van der Waals surface area contributed by atoms with E-state index >= 15 is 0 Å². The molecule has 0 N–H and O–H groups in total. The van der Waals surface area contributed by atoms with Gasteiger partial charge in [0.2, 0.25) is 0 Å². The maximum Gasteiger partial charge on any atom is 0.0746 e. The number of nitrogens with zero attached hydrogens (tertiary/aromatic N) is 4. The summed E-state index contributed by atoms with van der Waals surface area (Å²) < 4.78 is 4.00. The molecule has 4 nitrogen and oxygen atoms in total. The monoisotopic (exact) mass is 646 g/mol. The van der Waals surface area contributed by atoms with E-state index in [2.05, 4.69) is 136 Å². The van der Waals surface area contributed by atoms with Crippen LogP contribution in [0.1, 0.15) is 55.6 Å². The summed E-state index contributed by atoms with van der Waals surface area (Å²) in [6.45, 7) is 12.9. The van der Waals surface area contributed by atoms with Crippen LogP contribution < -0.4 is 0 Å². The van der Waals surface area contributed by atoms with Gasteiger partial charge >= 0.3 is 0 Å². The Kier molecular flexibility index (Phi) is 8.78. The third kappa shape index (κ3) is 6.66. The van der Waals surface area contributed by atoms with E-state index in [1.807, 2.05) is 70.3 Å². The van der Waals surface area contributed by atoms with Gasteiger partial charge in [-0.3, -0.25) is 0 Å². The molecule has 0 aliphatic heterocycles. The van der Waals surface area contributed by atoms with E-state index in [0.717, 1.165) is 45.0 Å². The Morgan fingerprint density at radius 3 is 1.14 bits per heavy atom. The minimum absolute atomic E-state index is 0.920. The Bertz CT molecular complexity index is 2270.